The molecule has 1 atom stereocenters. The zero-order valence-corrected chi connectivity index (χ0v) is 16.2. The van der Waals surface area contributed by atoms with Crippen molar-refractivity contribution >= 4 is 31.3 Å². The molecule has 1 amide bonds. The summed E-state index contributed by atoms with van der Waals surface area (Å²) in [7, 11) is -5.61. The molecule has 0 aliphatic carbocycles. The maximum Gasteiger partial charge on any atom is 0.255 e. The molecule has 144 valence electrons. The molecule has 1 aliphatic heterocycles. The Hall–Kier alpha value is -2.39. The second kappa shape index (κ2) is 7.32. The van der Waals surface area contributed by atoms with Crippen molar-refractivity contribution in [2.45, 2.75) is 16.6 Å². The maximum atomic E-state index is 12.7. The topological polar surface area (TPSA) is 107 Å². The Bertz CT molecular complexity index is 1060. The van der Waals surface area contributed by atoms with Crippen molar-refractivity contribution < 1.29 is 26.4 Å². The number of carbonyl (C=O) groups excluding carboxylic acids is 1. The van der Waals surface area contributed by atoms with E-state index in [2.05, 4.69) is 5.32 Å². The highest BCUT2D eigenvalue weighted by Crippen LogP contribution is 2.26. The van der Waals surface area contributed by atoms with Gasteiger partial charge in [-0.2, -0.15) is 0 Å². The van der Waals surface area contributed by atoms with Crippen LogP contribution in [0.3, 0.4) is 0 Å². The van der Waals surface area contributed by atoms with E-state index in [0.29, 0.717) is 11.4 Å². The third-order valence-electron chi connectivity index (χ3n) is 4.40. The van der Waals surface area contributed by atoms with Crippen LogP contribution in [0.1, 0.15) is 16.8 Å². The molecular formula is C18H19NO6S2. The zero-order chi connectivity index (χ0) is 19.7. The van der Waals surface area contributed by atoms with E-state index in [0.717, 1.165) is 0 Å². The van der Waals surface area contributed by atoms with E-state index < -0.39 is 30.8 Å². The third-order valence-corrected chi connectivity index (χ3v) is 8.57. The van der Waals surface area contributed by atoms with Gasteiger partial charge in [0.05, 0.1) is 28.8 Å². The van der Waals surface area contributed by atoms with Crippen LogP contribution in [0.5, 0.6) is 5.75 Å². The number of anilines is 1. The molecule has 0 radical (unpaired) electrons. The smallest absolute Gasteiger partial charge is 0.255 e. The predicted molar refractivity (Wildman–Crippen MR) is 102 cm³/mol. The Morgan fingerprint density at radius 3 is 2.44 bits per heavy atom. The van der Waals surface area contributed by atoms with E-state index in [9.17, 15) is 21.6 Å². The van der Waals surface area contributed by atoms with Gasteiger partial charge in [-0.25, -0.2) is 16.8 Å². The van der Waals surface area contributed by atoms with Gasteiger partial charge >= 0.3 is 0 Å². The van der Waals surface area contributed by atoms with E-state index in [1.54, 1.807) is 24.3 Å². The Labute approximate surface area is 158 Å². The lowest BCUT2D eigenvalue weighted by Gasteiger charge is -2.12. The molecule has 0 spiro atoms. The Balaban J connectivity index is 1.81. The lowest BCUT2D eigenvalue weighted by Crippen LogP contribution is -2.23. The molecule has 2 aromatic carbocycles. The number of benzene rings is 2. The summed E-state index contributed by atoms with van der Waals surface area (Å²) in [5.74, 6) is -0.324. The number of amides is 1. The molecule has 1 aliphatic rings. The van der Waals surface area contributed by atoms with Crippen molar-refractivity contribution in [3.8, 4) is 5.75 Å². The number of rotatable bonds is 5. The van der Waals surface area contributed by atoms with Crippen LogP contribution in [0.4, 0.5) is 5.69 Å². The SMILES string of the molecule is COc1ccc(NC(=O)c2cccc(S(=O)(=O)[C@@H]3CCS(=O)(=O)C3)c2)cc1. The van der Waals surface area contributed by atoms with Crippen molar-refractivity contribution in [1.82, 2.24) is 0 Å². The van der Waals surface area contributed by atoms with Crippen LogP contribution < -0.4 is 10.1 Å². The molecule has 7 nitrogen and oxygen atoms in total. The second-order valence-electron chi connectivity index (χ2n) is 6.28. The molecule has 1 fully saturated rings. The summed E-state index contributed by atoms with van der Waals surface area (Å²) >= 11 is 0. The fourth-order valence-electron chi connectivity index (χ4n) is 2.89. The summed E-state index contributed by atoms with van der Waals surface area (Å²) in [6.45, 7) is 0. The van der Waals surface area contributed by atoms with Gasteiger partial charge in [0.15, 0.2) is 19.7 Å². The number of ether oxygens (including phenoxy) is 1. The average Bonchev–Trinajstić information content (AvgIpc) is 3.03. The molecule has 1 heterocycles. The van der Waals surface area contributed by atoms with Crippen LogP contribution in [0.2, 0.25) is 0 Å². The summed E-state index contributed by atoms with van der Waals surface area (Å²) in [5.41, 5.74) is 0.712. The van der Waals surface area contributed by atoms with Gasteiger partial charge in [-0.1, -0.05) is 6.07 Å². The average molecular weight is 409 g/mol. The minimum atomic E-state index is -3.82. The Morgan fingerprint density at radius 1 is 1.15 bits per heavy atom. The van der Waals surface area contributed by atoms with Crippen LogP contribution in [-0.4, -0.2) is 46.6 Å². The Morgan fingerprint density at radius 2 is 1.85 bits per heavy atom. The first-order valence-electron chi connectivity index (χ1n) is 8.21. The first kappa shape index (κ1) is 19.4. The van der Waals surface area contributed by atoms with Gasteiger partial charge in [-0.05, 0) is 48.9 Å². The van der Waals surface area contributed by atoms with Crippen LogP contribution in [0.15, 0.2) is 53.4 Å². The van der Waals surface area contributed by atoms with Crippen LogP contribution >= 0.6 is 0 Å². The van der Waals surface area contributed by atoms with Crippen molar-refractivity contribution in [3.05, 3.63) is 54.1 Å². The zero-order valence-electron chi connectivity index (χ0n) is 14.6. The number of hydrogen-bond acceptors (Lipinski definition) is 6. The lowest BCUT2D eigenvalue weighted by atomic mass is 10.2. The number of sulfone groups is 2. The van der Waals surface area contributed by atoms with E-state index in [1.165, 1.54) is 31.4 Å². The standard InChI is InChI=1S/C18H19NO6S2/c1-25-15-7-5-14(6-8-15)19-18(20)13-3-2-4-16(11-13)27(23,24)17-9-10-26(21,22)12-17/h2-8,11,17H,9-10,12H2,1H3,(H,19,20)/t17-/m1/s1. The van der Waals surface area contributed by atoms with E-state index in [4.69, 9.17) is 4.74 Å². The fraction of sp³-hybridized carbons (Fsp3) is 0.278. The molecule has 0 aromatic heterocycles. The molecule has 0 unspecified atom stereocenters. The van der Waals surface area contributed by atoms with Crippen molar-refractivity contribution in [1.29, 1.82) is 0 Å². The molecule has 3 rings (SSSR count). The summed E-state index contributed by atoms with van der Waals surface area (Å²) in [5, 5.41) is 1.72. The number of hydrogen-bond donors (Lipinski definition) is 1. The molecule has 27 heavy (non-hydrogen) atoms. The summed E-state index contributed by atoms with van der Waals surface area (Å²) in [6.07, 6.45) is 0.0763. The molecule has 1 saturated heterocycles. The van der Waals surface area contributed by atoms with Crippen molar-refractivity contribution in [2.75, 3.05) is 23.9 Å². The van der Waals surface area contributed by atoms with Crippen molar-refractivity contribution in [2.24, 2.45) is 0 Å². The molecule has 0 bridgehead atoms. The minimum absolute atomic E-state index is 0.0491. The Kier molecular flexibility index (Phi) is 5.25. The fourth-order valence-corrected chi connectivity index (χ4v) is 7.29. The monoisotopic (exact) mass is 409 g/mol. The summed E-state index contributed by atoms with van der Waals surface area (Å²) < 4.78 is 53.7. The van der Waals surface area contributed by atoms with Crippen LogP contribution in [0.25, 0.3) is 0 Å². The van der Waals surface area contributed by atoms with Gasteiger partial charge in [0.2, 0.25) is 0 Å². The van der Waals surface area contributed by atoms with Gasteiger partial charge in [-0.15, -0.1) is 0 Å². The molecule has 2 aromatic rings. The highest BCUT2D eigenvalue weighted by Gasteiger charge is 2.38. The van der Waals surface area contributed by atoms with Gasteiger partial charge < -0.3 is 10.1 Å². The largest absolute Gasteiger partial charge is 0.497 e. The highest BCUT2D eigenvalue weighted by molar-refractivity contribution is 7.96. The molecule has 9 heteroatoms. The van der Waals surface area contributed by atoms with Gasteiger partial charge in [0, 0.05) is 11.3 Å². The van der Waals surface area contributed by atoms with E-state index in [1.807, 2.05) is 0 Å². The quantitative estimate of drug-likeness (QED) is 0.808. The predicted octanol–water partition coefficient (Wildman–Crippen LogP) is 1.91. The first-order valence-corrected chi connectivity index (χ1v) is 11.6. The number of methoxy groups -OCH3 is 1. The summed E-state index contributed by atoms with van der Waals surface area (Å²) in [6, 6.07) is 12.3. The first-order chi connectivity index (χ1) is 12.7. The van der Waals surface area contributed by atoms with Gasteiger partial charge in [0.1, 0.15) is 5.75 Å². The number of carbonyl (C=O) groups is 1. The lowest BCUT2D eigenvalue weighted by molar-refractivity contribution is 0.102. The summed E-state index contributed by atoms with van der Waals surface area (Å²) in [4.78, 5) is 12.4. The number of nitrogens with one attached hydrogen (secondary N) is 1. The van der Waals surface area contributed by atoms with Crippen LogP contribution in [-0.2, 0) is 19.7 Å². The van der Waals surface area contributed by atoms with Crippen molar-refractivity contribution in [3.63, 3.8) is 0 Å². The van der Waals surface area contributed by atoms with Crippen LogP contribution in [0, 0.1) is 0 Å². The van der Waals surface area contributed by atoms with E-state index >= 15 is 0 Å². The molecule has 1 N–H and O–H groups in total. The van der Waals surface area contributed by atoms with E-state index in [-0.39, 0.29) is 28.4 Å². The molecular weight excluding hydrogens is 390 g/mol. The van der Waals surface area contributed by atoms with Gasteiger partial charge in [0.25, 0.3) is 5.91 Å². The maximum absolute atomic E-state index is 12.7. The third kappa shape index (κ3) is 4.30. The highest BCUT2D eigenvalue weighted by atomic mass is 32.2. The second-order valence-corrected chi connectivity index (χ2v) is 10.7. The minimum Gasteiger partial charge on any atom is -0.497 e. The van der Waals surface area contributed by atoms with Gasteiger partial charge in [-0.3, -0.25) is 4.79 Å². The molecule has 0 saturated carbocycles. The normalized spacial score (nSPS) is 18.8.